The second-order valence-electron chi connectivity index (χ2n) is 11.8. The predicted octanol–water partition coefficient (Wildman–Crippen LogP) is 8.41. The molecule has 0 aromatic heterocycles. The smallest absolute Gasteiger partial charge is 0.296 e. The van der Waals surface area contributed by atoms with Gasteiger partial charge in [0.1, 0.15) is 44.1 Å². The fourth-order valence-corrected chi connectivity index (χ4v) is 7.35. The van der Waals surface area contributed by atoms with E-state index < -0.39 is 56.5 Å². The Morgan fingerprint density at radius 3 is 1.82 bits per heavy atom. The molecule has 0 amide bonds. The minimum atomic E-state index is -5.00. The minimum absolute atomic E-state index is 0.0323. The molecule has 0 unspecified atom stereocenters. The number of hydrogen-bond donors (Lipinski definition) is 6. The quantitative estimate of drug-likeness (QED) is 0.0559. The van der Waals surface area contributed by atoms with Crippen LogP contribution in [0.15, 0.2) is 130 Å². The summed E-state index contributed by atoms with van der Waals surface area (Å²) in [5, 5.41) is 54.9. The van der Waals surface area contributed by atoms with Crippen molar-refractivity contribution in [3.05, 3.63) is 90.5 Å². The molecule has 0 bridgehead atoms. The average Bonchev–Trinajstić information content (AvgIpc) is 3.11. The van der Waals surface area contributed by atoms with Gasteiger partial charge in [0.25, 0.3) is 30.4 Å². The molecule has 19 nitrogen and oxygen atoms in total. The number of phenols is 3. The number of benzene rings is 6. The van der Waals surface area contributed by atoms with E-state index in [1.54, 1.807) is 6.92 Å². The number of fused-ring (bicyclic) bond motifs is 2. The van der Waals surface area contributed by atoms with Crippen molar-refractivity contribution >= 4 is 86.0 Å². The van der Waals surface area contributed by atoms with Crippen LogP contribution in [0.2, 0.25) is 0 Å². The number of methoxy groups -OCH3 is 1. The zero-order valence-corrected chi connectivity index (χ0v) is 31.0. The SMILES string of the molecule is COc1cc(N=Nc2ccc3cc(S(=O)(=O)O)cc(S(=O)(=O)O)c3c2)c(C)cc1N=Nc1c(S(=O)(=O)O)cc2cc(N=Nc3ccc(O)cc3O)ccc2c1O. The fourth-order valence-electron chi connectivity index (χ4n) is 5.34. The summed E-state index contributed by atoms with van der Waals surface area (Å²) in [6, 6.07) is 17.3. The molecule has 288 valence electrons. The van der Waals surface area contributed by atoms with Crippen LogP contribution in [0.25, 0.3) is 21.5 Å². The van der Waals surface area contributed by atoms with Gasteiger partial charge in [0.15, 0.2) is 5.75 Å². The highest BCUT2D eigenvalue weighted by atomic mass is 32.2. The molecule has 0 saturated carbocycles. The van der Waals surface area contributed by atoms with Gasteiger partial charge in [-0.2, -0.15) is 40.6 Å². The summed E-state index contributed by atoms with van der Waals surface area (Å²) in [6.45, 7) is 1.61. The molecule has 0 aliphatic heterocycles. The summed E-state index contributed by atoms with van der Waals surface area (Å²) in [5.41, 5.74) is 0.381. The first-order chi connectivity index (χ1) is 26.2. The van der Waals surface area contributed by atoms with E-state index >= 15 is 0 Å². The molecular formula is C34H26N6O13S3. The number of nitrogens with zero attached hydrogens (tertiary/aromatic N) is 6. The lowest BCUT2D eigenvalue weighted by atomic mass is 10.1. The maximum absolute atomic E-state index is 12.5. The molecule has 0 radical (unpaired) electrons. The normalized spacial score (nSPS) is 12.8. The lowest BCUT2D eigenvalue weighted by Gasteiger charge is -2.10. The van der Waals surface area contributed by atoms with Crippen LogP contribution in [0.3, 0.4) is 0 Å². The van der Waals surface area contributed by atoms with Crippen LogP contribution >= 0.6 is 0 Å². The molecule has 6 rings (SSSR count). The van der Waals surface area contributed by atoms with Crippen LogP contribution in [0.1, 0.15) is 5.56 Å². The second-order valence-corrected chi connectivity index (χ2v) is 16.0. The maximum atomic E-state index is 12.5. The fraction of sp³-hybridized carbons (Fsp3) is 0.0588. The van der Waals surface area contributed by atoms with Crippen LogP contribution in [-0.4, -0.2) is 61.3 Å². The molecule has 6 aromatic carbocycles. The zero-order chi connectivity index (χ0) is 40.7. The Bertz CT molecular complexity index is 3040. The summed E-state index contributed by atoms with van der Waals surface area (Å²) in [4.78, 5) is -2.33. The van der Waals surface area contributed by atoms with Crippen molar-refractivity contribution in [3.8, 4) is 23.0 Å². The molecule has 0 fully saturated rings. The first-order valence-electron chi connectivity index (χ1n) is 15.5. The summed E-state index contributed by atoms with van der Waals surface area (Å²) in [7, 11) is -13.5. The number of hydrogen-bond acceptors (Lipinski definition) is 16. The van der Waals surface area contributed by atoms with Crippen molar-refractivity contribution < 1.29 is 59.0 Å². The van der Waals surface area contributed by atoms with Gasteiger partial charge in [-0.3, -0.25) is 13.7 Å². The van der Waals surface area contributed by atoms with Crippen LogP contribution < -0.4 is 4.74 Å². The lowest BCUT2D eigenvalue weighted by molar-refractivity contribution is 0.416. The molecule has 0 atom stereocenters. The third-order valence-electron chi connectivity index (χ3n) is 8.02. The molecule has 0 saturated heterocycles. The Balaban J connectivity index is 1.34. The minimum Gasteiger partial charge on any atom is -0.508 e. The van der Waals surface area contributed by atoms with E-state index in [4.69, 9.17) is 4.74 Å². The molecule has 56 heavy (non-hydrogen) atoms. The van der Waals surface area contributed by atoms with Crippen molar-refractivity contribution in [2.45, 2.75) is 21.6 Å². The zero-order valence-electron chi connectivity index (χ0n) is 28.5. The highest BCUT2D eigenvalue weighted by Gasteiger charge is 2.23. The standard InChI is InChI=1S/C34H26N6O13S3/c1-17-9-28(30(53-2)16-27(17)38-36-21-4-3-18-11-23(54(44,45)46)15-31(25(18)13-21)55(47,48)49)39-40-33-32(56(50,51)52)12-19-10-20(5-7-24(19)34(33)43)35-37-26-8-6-22(41)14-29(26)42/h3-16,41-43H,1-2H3,(H,44,45,46)(H,47,48,49)(H,50,51,52). The maximum Gasteiger partial charge on any atom is 0.296 e. The van der Waals surface area contributed by atoms with E-state index in [1.807, 2.05) is 0 Å². The highest BCUT2D eigenvalue weighted by molar-refractivity contribution is 7.87. The summed E-state index contributed by atoms with van der Waals surface area (Å²) in [5.74, 6) is -1.13. The molecule has 0 aliphatic rings. The topological polar surface area (TPSA) is 307 Å². The first-order valence-corrected chi connectivity index (χ1v) is 19.8. The molecule has 0 heterocycles. The average molecular weight is 823 g/mol. The predicted molar refractivity (Wildman–Crippen MR) is 199 cm³/mol. The molecule has 22 heteroatoms. The van der Waals surface area contributed by atoms with Crippen molar-refractivity contribution in [1.82, 2.24) is 0 Å². The van der Waals surface area contributed by atoms with Crippen molar-refractivity contribution in [2.75, 3.05) is 7.11 Å². The van der Waals surface area contributed by atoms with Crippen LogP contribution in [0.4, 0.5) is 34.1 Å². The van der Waals surface area contributed by atoms with Gasteiger partial charge in [-0.15, -0.1) is 15.3 Å². The number of rotatable bonds is 10. The van der Waals surface area contributed by atoms with Gasteiger partial charge in [-0.1, -0.05) is 6.07 Å². The van der Waals surface area contributed by atoms with Crippen LogP contribution in [0.5, 0.6) is 23.0 Å². The van der Waals surface area contributed by atoms with Gasteiger partial charge in [-0.25, -0.2) is 0 Å². The van der Waals surface area contributed by atoms with Gasteiger partial charge in [0, 0.05) is 22.9 Å². The van der Waals surface area contributed by atoms with E-state index in [0.717, 1.165) is 18.2 Å². The van der Waals surface area contributed by atoms with Gasteiger partial charge < -0.3 is 20.1 Å². The van der Waals surface area contributed by atoms with E-state index in [1.165, 1.54) is 67.8 Å². The number of aromatic hydroxyl groups is 3. The van der Waals surface area contributed by atoms with Crippen LogP contribution in [-0.2, 0) is 30.4 Å². The largest absolute Gasteiger partial charge is 0.508 e. The Hall–Kier alpha value is -6.43. The highest BCUT2D eigenvalue weighted by Crippen LogP contribution is 2.44. The van der Waals surface area contributed by atoms with E-state index in [0.29, 0.717) is 11.6 Å². The Morgan fingerprint density at radius 2 is 1.18 bits per heavy atom. The number of aryl methyl sites for hydroxylation is 1. The summed E-state index contributed by atoms with van der Waals surface area (Å²) >= 11 is 0. The Kier molecular flexibility index (Phi) is 10.3. The van der Waals surface area contributed by atoms with Crippen molar-refractivity contribution in [2.24, 2.45) is 30.7 Å². The molecule has 0 aliphatic carbocycles. The summed E-state index contributed by atoms with van der Waals surface area (Å²) in [6.07, 6.45) is 0. The molecular weight excluding hydrogens is 797 g/mol. The molecule has 0 spiro atoms. The Morgan fingerprint density at radius 1 is 0.536 bits per heavy atom. The lowest BCUT2D eigenvalue weighted by Crippen LogP contribution is -2.04. The first kappa shape index (κ1) is 39.3. The molecule has 6 N–H and O–H groups in total. The van der Waals surface area contributed by atoms with E-state index in [9.17, 15) is 54.2 Å². The number of azo groups is 3. The van der Waals surface area contributed by atoms with E-state index in [2.05, 4.69) is 30.7 Å². The van der Waals surface area contributed by atoms with Gasteiger partial charge in [0.05, 0.1) is 29.1 Å². The van der Waals surface area contributed by atoms with Crippen molar-refractivity contribution in [1.29, 1.82) is 0 Å². The third-order valence-corrected chi connectivity index (χ3v) is 10.6. The Labute approximate surface area is 316 Å². The number of phenolic OH excluding ortho intramolecular Hbond substituents is 3. The second kappa shape index (κ2) is 14.7. The summed E-state index contributed by atoms with van der Waals surface area (Å²) < 4.78 is 107. The monoisotopic (exact) mass is 822 g/mol. The molecule has 6 aromatic rings. The van der Waals surface area contributed by atoms with Crippen LogP contribution in [0, 0.1) is 6.92 Å². The van der Waals surface area contributed by atoms with Gasteiger partial charge in [0.2, 0.25) is 0 Å². The number of ether oxygens (including phenoxy) is 1. The van der Waals surface area contributed by atoms with Gasteiger partial charge in [-0.05, 0) is 90.0 Å². The van der Waals surface area contributed by atoms with Crippen molar-refractivity contribution in [3.63, 3.8) is 0 Å². The van der Waals surface area contributed by atoms with E-state index in [-0.39, 0.29) is 67.2 Å². The van der Waals surface area contributed by atoms with Gasteiger partial charge >= 0.3 is 0 Å². The third kappa shape index (κ3) is 8.29.